The highest BCUT2D eigenvalue weighted by Crippen LogP contribution is 2.17. The van der Waals surface area contributed by atoms with Crippen LogP contribution in [0.4, 0.5) is 0 Å². The first kappa shape index (κ1) is 19.4. The van der Waals surface area contributed by atoms with Gasteiger partial charge >= 0.3 is 0 Å². The van der Waals surface area contributed by atoms with Gasteiger partial charge in [0.05, 0.1) is 6.33 Å². The van der Waals surface area contributed by atoms with Crippen molar-refractivity contribution in [2.45, 2.75) is 26.3 Å². The fraction of sp³-hybridized carbons (Fsp3) is 0.333. The molecule has 1 aromatic heterocycles. The van der Waals surface area contributed by atoms with Crippen molar-refractivity contribution in [1.82, 2.24) is 19.4 Å². The lowest BCUT2D eigenvalue weighted by atomic mass is 10.0. The minimum Gasteiger partial charge on any atom is -0.336 e. The van der Waals surface area contributed by atoms with Gasteiger partial charge in [-0.15, -0.1) is 0 Å². The van der Waals surface area contributed by atoms with Gasteiger partial charge in [0.15, 0.2) is 0 Å². The number of amides is 1. The van der Waals surface area contributed by atoms with Crippen LogP contribution in [-0.4, -0.2) is 51.4 Å². The molecule has 0 aliphatic carbocycles. The Morgan fingerprint density at radius 1 is 0.966 bits per heavy atom. The van der Waals surface area contributed by atoms with E-state index in [1.165, 1.54) is 11.1 Å². The number of nitrogens with zero attached hydrogens (tertiary/aromatic N) is 4. The van der Waals surface area contributed by atoms with Crippen molar-refractivity contribution < 1.29 is 4.79 Å². The summed E-state index contributed by atoms with van der Waals surface area (Å²) in [5, 5.41) is 0. The molecule has 1 amide bonds. The Labute approximate surface area is 172 Å². The van der Waals surface area contributed by atoms with Gasteiger partial charge in [-0.2, -0.15) is 0 Å². The number of hydrogen-bond acceptors (Lipinski definition) is 3. The van der Waals surface area contributed by atoms with Crippen molar-refractivity contribution in [2.24, 2.45) is 0 Å². The molecule has 0 radical (unpaired) electrons. The third kappa shape index (κ3) is 4.57. The molecular formula is C24H28N4O. The second-order valence-electron chi connectivity index (χ2n) is 7.98. The topological polar surface area (TPSA) is 41.4 Å². The lowest BCUT2D eigenvalue weighted by Gasteiger charge is -2.34. The van der Waals surface area contributed by atoms with E-state index in [0.717, 1.165) is 44.0 Å². The summed E-state index contributed by atoms with van der Waals surface area (Å²) in [7, 11) is 0. The van der Waals surface area contributed by atoms with Crippen LogP contribution in [0.15, 0.2) is 67.3 Å². The van der Waals surface area contributed by atoms with E-state index in [1.807, 2.05) is 39.9 Å². The number of imidazole rings is 1. The summed E-state index contributed by atoms with van der Waals surface area (Å²) in [4.78, 5) is 21.3. The van der Waals surface area contributed by atoms with Gasteiger partial charge in [-0.05, 0) is 41.3 Å². The third-order valence-corrected chi connectivity index (χ3v) is 5.63. The molecule has 3 aromatic rings. The number of hydrogen-bond donors (Lipinski definition) is 0. The molecule has 0 unspecified atom stereocenters. The van der Waals surface area contributed by atoms with Crippen LogP contribution in [-0.2, 0) is 6.54 Å². The lowest BCUT2D eigenvalue weighted by Crippen LogP contribution is -2.48. The maximum Gasteiger partial charge on any atom is 0.253 e. The van der Waals surface area contributed by atoms with Crippen molar-refractivity contribution >= 4 is 5.91 Å². The molecule has 0 spiro atoms. The molecule has 5 nitrogen and oxygen atoms in total. The van der Waals surface area contributed by atoms with E-state index in [1.54, 1.807) is 12.5 Å². The Morgan fingerprint density at radius 2 is 1.66 bits per heavy atom. The predicted octanol–water partition coefficient (Wildman–Crippen LogP) is 3.95. The molecule has 0 N–H and O–H groups in total. The van der Waals surface area contributed by atoms with Gasteiger partial charge in [-0.25, -0.2) is 4.98 Å². The van der Waals surface area contributed by atoms with E-state index in [4.69, 9.17) is 0 Å². The second-order valence-corrected chi connectivity index (χ2v) is 7.98. The minimum atomic E-state index is 0.114. The van der Waals surface area contributed by atoms with Gasteiger partial charge in [0.25, 0.3) is 5.91 Å². The Bertz CT molecular complexity index is 922. The van der Waals surface area contributed by atoms with E-state index >= 15 is 0 Å². The zero-order valence-corrected chi connectivity index (χ0v) is 17.2. The largest absolute Gasteiger partial charge is 0.336 e. The molecule has 1 aliphatic rings. The lowest BCUT2D eigenvalue weighted by molar-refractivity contribution is 0.0628. The molecule has 1 saturated heterocycles. The third-order valence-electron chi connectivity index (χ3n) is 5.63. The molecule has 2 aromatic carbocycles. The molecule has 1 fully saturated rings. The van der Waals surface area contributed by atoms with Gasteiger partial charge in [-0.3, -0.25) is 9.69 Å². The predicted molar refractivity (Wildman–Crippen MR) is 115 cm³/mol. The fourth-order valence-electron chi connectivity index (χ4n) is 3.75. The van der Waals surface area contributed by atoms with Crippen LogP contribution in [0.5, 0.6) is 0 Å². The first-order valence-corrected chi connectivity index (χ1v) is 10.3. The van der Waals surface area contributed by atoms with Gasteiger partial charge in [-0.1, -0.05) is 38.1 Å². The molecule has 29 heavy (non-hydrogen) atoms. The molecule has 2 heterocycles. The highest BCUT2D eigenvalue weighted by atomic mass is 16.2. The van der Waals surface area contributed by atoms with E-state index in [0.29, 0.717) is 5.92 Å². The number of rotatable bonds is 5. The van der Waals surface area contributed by atoms with Crippen molar-refractivity contribution in [3.05, 3.63) is 83.9 Å². The van der Waals surface area contributed by atoms with E-state index in [2.05, 4.69) is 48.0 Å². The van der Waals surface area contributed by atoms with Crippen LogP contribution in [0.25, 0.3) is 5.69 Å². The van der Waals surface area contributed by atoms with Crippen LogP contribution in [0.2, 0.25) is 0 Å². The van der Waals surface area contributed by atoms with Crippen LogP contribution in [0, 0.1) is 0 Å². The molecule has 5 heteroatoms. The maximum atomic E-state index is 12.9. The van der Waals surface area contributed by atoms with Crippen LogP contribution < -0.4 is 0 Å². The Kier molecular flexibility index (Phi) is 5.76. The summed E-state index contributed by atoms with van der Waals surface area (Å²) >= 11 is 0. The summed E-state index contributed by atoms with van der Waals surface area (Å²) in [6.07, 6.45) is 5.40. The highest BCUT2D eigenvalue weighted by Gasteiger charge is 2.22. The molecule has 0 bridgehead atoms. The number of benzene rings is 2. The van der Waals surface area contributed by atoms with Gasteiger partial charge in [0, 0.05) is 56.4 Å². The zero-order chi connectivity index (χ0) is 20.2. The second kappa shape index (κ2) is 8.62. The average molecular weight is 389 g/mol. The van der Waals surface area contributed by atoms with Gasteiger partial charge in [0.2, 0.25) is 0 Å². The highest BCUT2D eigenvalue weighted by molar-refractivity contribution is 5.94. The van der Waals surface area contributed by atoms with Crippen molar-refractivity contribution in [2.75, 3.05) is 26.2 Å². The summed E-state index contributed by atoms with van der Waals surface area (Å²) in [5.41, 5.74) is 4.46. The normalized spacial score (nSPS) is 15.1. The Morgan fingerprint density at radius 3 is 2.24 bits per heavy atom. The van der Waals surface area contributed by atoms with E-state index in [9.17, 15) is 4.79 Å². The zero-order valence-electron chi connectivity index (χ0n) is 17.2. The molecule has 0 atom stereocenters. The first-order chi connectivity index (χ1) is 14.1. The molecular weight excluding hydrogens is 360 g/mol. The standard InChI is InChI=1S/C24H28N4O/c1-19(2)21-5-3-20(4-6-21)17-26-13-15-27(16-14-26)24(29)22-7-9-23(10-8-22)28-12-11-25-18-28/h3-12,18-19H,13-17H2,1-2H3. The molecule has 1 aliphatic heterocycles. The van der Waals surface area contributed by atoms with Crippen molar-refractivity contribution in [3.63, 3.8) is 0 Å². The smallest absolute Gasteiger partial charge is 0.253 e. The number of piperazine rings is 1. The maximum absolute atomic E-state index is 12.9. The van der Waals surface area contributed by atoms with E-state index in [-0.39, 0.29) is 5.91 Å². The fourth-order valence-corrected chi connectivity index (χ4v) is 3.75. The summed E-state index contributed by atoms with van der Waals surface area (Å²) < 4.78 is 1.93. The van der Waals surface area contributed by atoms with Gasteiger partial charge < -0.3 is 9.47 Å². The van der Waals surface area contributed by atoms with Crippen LogP contribution in [0.3, 0.4) is 0 Å². The summed E-state index contributed by atoms with van der Waals surface area (Å²) in [6, 6.07) is 16.7. The average Bonchev–Trinajstić information content (AvgIpc) is 3.29. The number of carbonyl (C=O) groups excluding carboxylic acids is 1. The Hall–Kier alpha value is -2.92. The van der Waals surface area contributed by atoms with Crippen molar-refractivity contribution in [1.29, 1.82) is 0 Å². The molecule has 150 valence electrons. The summed E-state index contributed by atoms with van der Waals surface area (Å²) in [6.45, 7) is 8.74. The molecule has 0 saturated carbocycles. The van der Waals surface area contributed by atoms with Gasteiger partial charge in [0.1, 0.15) is 0 Å². The number of carbonyl (C=O) groups is 1. The minimum absolute atomic E-state index is 0.114. The monoisotopic (exact) mass is 388 g/mol. The first-order valence-electron chi connectivity index (χ1n) is 10.3. The van der Waals surface area contributed by atoms with Crippen LogP contribution in [0.1, 0.15) is 41.3 Å². The van der Waals surface area contributed by atoms with E-state index < -0.39 is 0 Å². The van der Waals surface area contributed by atoms with Crippen molar-refractivity contribution in [3.8, 4) is 5.69 Å². The number of aromatic nitrogens is 2. The quantitative estimate of drug-likeness (QED) is 0.664. The Balaban J connectivity index is 1.31. The van der Waals surface area contributed by atoms with Crippen LogP contribution >= 0.6 is 0 Å². The SMILES string of the molecule is CC(C)c1ccc(CN2CCN(C(=O)c3ccc(-n4ccnc4)cc3)CC2)cc1. The molecule has 4 rings (SSSR count). The summed E-state index contributed by atoms with van der Waals surface area (Å²) in [5.74, 6) is 0.677.